The van der Waals surface area contributed by atoms with E-state index in [9.17, 15) is 13.2 Å². The highest BCUT2D eigenvalue weighted by Gasteiger charge is 2.35. The molecule has 0 aliphatic carbocycles. The maximum absolute atomic E-state index is 13.5. The maximum Gasteiger partial charge on any atom is 0.265 e. The molecule has 1 N–H and O–H groups in total. The van der Waals surface area contributed by atoms with E-state index in [4.69, 9.17) is 0 Å². The number of benzene rings is 2. The van der Waals surface area contributed by atoms with Crippen molar-refractivity contribution in [2.24, 2.45) is 0 Å². The summed E-state index contributed by atoms with van der Waals surface area (Å²) in [7, 11) is -3.86. The van der Waals surface area contributed by atoms with Crippen LogP contribution >= 0.6 is 0 Å². The van der Waals surface area contributed by atoms with Crippen LogP contribution in [-0.4, -0.2) is 20.9 Å². The second-order valence-corrected chi connectivity index (χ2v) is 8.33. The number of anilines is 2. The molecule has 132 valence electrons. The number of hydrogen-bond acceptors (Lipinski definition) is 3. The topological polar surface area (TPSA) is 66.5 Å². The van der Waals surface area contributed by atoms with E-state index in [-0.39, 0.29) is 12.5 Å². The minimum Gasteiger partial charge on any atom is -0.323 e. The summed E-state index contributed by atoms with van der Waals surface area (Å²) in [5.41, 5.74) is 5.53. The summed E-state index contributed by atoms with van der Waals surface area (Å²) in [4.78, 5) is 12.4. The Kier molecular flexibility index (Phi) is 4.11. The first kappa shape index (κ1) is 17.5. The van der Waals surface area contributed by atoms with Gasteiger partial charge in [-0.05, 0) is 74.6 Å². The first-order valence-electron chi connectivity index (χ1n) is 8.14. The fraction of sp³-hybridized carbons (Fsp3) is 0.316. The van der Waals surface area contributed by atoms with Crippen molar-refractivity contribution in [2.75, 3.05) is 16.2 Å². The monoisotopic (exact) mass is 358 g/mol. The lowest BCUT2D eigenvalue weighted by Gasteiger charge is -2.31. The molecule has 5 nitrogen and oxygen atoms in total. The molecule has 0 atom stereocenters. The summed E-state index contributed by atoms with van der Waals surface area (Å²) in [6, 6.07) is 6.96. The van der Waals surface area contributed by atoms with Crippen molar-refractivity contribution in [1.29, 1.82) is 0 Å². The van der Waals surface area contributed by atoms with Gasteiger partial charge in [0.05, 0.1) is 16.3 Å². The number of nitrogens with one attached hydrogen (secondary N) is 1. The Morgan fingerprint density at radius 1 is 0.880 bits per heavy atom. The molecule has 25 heavy (non-hydrogen) atoms. The molecule has 0 radical (unpaired) electrons. The normalized spacial score (nSPS) is 14.3. The molecule has 1 aliphatic heterocycles. The molecule has 0 unspecified atom stereocenters. The average molecular weight is 358 g/mol. The number of carbonyl (C=O) groups is 1. The lowest BCUT2D eigenvalue weighted by atomic mass is 9.95. The van der Waals surface area contributed by atoms with E-state index < -0.39 is 10.0 Å². The van der Waals surface area contributed by atoms with E-state index in [2.05, 4.69) is 5.32 Å². The van der Waals surface area contributed by atoms with Crippen molar-refractivity contribution in [3.63, 3.8) is 0 Å². The average Bonchev–Trinajstić information content (AvgIpc) is 2.57. The standard InChI is InChI=1S/C19H22N2O3S/c1-11-12(2)14(4)19(15(5)13(11)3)25(23,24)21-10-18(22)20-16-8-6-7-9-17(16)21/h6-9H,10H2,1-5H3,(H,20,22). The molecule has 0 bridgehead atoms. The molecule has 2 aromatic rings. The Labute approximate surface area is 148 Å². The van der Waals surface area contributed by atoms with Crippen molar-refractivity contribution in [1.82, 2.24) is 0 Å². The molecule has 0 saturated heterocycles. The van der Waals surface area contributed by atoms with Crippen LogP contribution in [0.25, 0.3) is 0 Å². The van der Waals surface area contributed by atoms with Gasteiger partial charge in [-0.15, -0.1) is 0 Å². The third-order valence-electron chi connectivity index (χ3n) is 5.21. The molecule has 1 amide bonds. The van der Waals surface area contributed by atoms with Crippen LogP contribution in [0.2, 0.25) is 0 Å². The third-order valence-corrected chi connectivity index (χ3v) is 7.25. The van der Waals surface area contributed by atoms with Crippen LogP contribution in [-0.2, 0) is 14.8 Å². The molecule has 0 aromatic heterocycles. The summed E-state index contributed by atoms with van der Waals surface area (Å²) < 4.78 is 28.2. The van der Waals surface area contributed by atoms with E-state index in [1.54, 1.807) is 24.3 Å². The first-order valence-corrected chi connectivity index (χ1v) is 9.58. The Balaban J connectivity index is 2.28. The van der Waals surface area contributed by atoms with Gasteiger partial charge in [0.1, 0.15) is 6.54 Å². The lowest BCUT2D eigenvalue weighted by molar-refractivity contribution is -0.115. The molecule has 1 heterocycles. The second kappa shape index (κ2) is 5.88. The van der Waals surface area contributed by atoms with Crippen molar-refractivity contribution in [2.45, 2.75) is 39.5 Å². The van der Waals surface area contributed by atoms with Crippen LogP contribution in [0.5, 0.6) is 0 Å². The highest BCUT2D eigenvalue weighted by Crippen LogP contribution is 2.37. The number of sulfonamides is 1. The molecule has 0 fully saturated rings. The zero-order valence-corrected chi connectivity index (χ0v) is 15.9. The summed E-state index contributed by atoms with van der Waals surface area (Å²) in [5, 5.41) is 2.73. The van der Waals surface area contributed by atoms with Gasteiger partial charge < -0.3 is 5.32 Å². The summed E-state index contributed by atoms with van der Waals surface area (Å²) in [6.45, 7) is 9.32. The van der Waals surface area contributed by atoms with Crippen molar-refractivity contribution < 1.29 is 13.2 Å². The second-order valence-electron chi connectivity index (χ2n) is 6.53. The Bertz CT molecular complexity index is 965. The number of nitrogens with zero attached hydrogens (tertiary/aromatic N) is 1. The molecule has 6 heteroatoms. The Morgan fingerprint density at radius 3 is 2.00 bits per heavy atom. The van der Waals surface area contributed by atoms with Crippen LogP contribution in [0, 0.1) is 34.6 Å². The number of para-hydroxylation sites is 2. The van der Waals surface area contributed by atoms with Crippen molar-refractivity contribution in [3.8, 4) is 0 Å². The zero-order valence-electron chi connectivity index (χ0n) is 15.1. The van der Waals surface area contributed by atoms with E-state index >= 15 is 0 Å². The lowest BCUT2D eigenvalue weighted by Crippen LogP contribution is -2.42. The van der Waals surface area contributed by atoms with E-state index in [0.717, 1.165) is 27.8 Å². The van der Waals surface area contributed by atoms with Crippen LogP contribution in [0.1, 0.15) is 27.8 Å². The van der Waals surface area contributed by atoms with Gasteiger partial charge >= 0.3 is 0 Å². The fourth-order valence-electron chi connectivity index (χ4n) is 3.38. The first-order chi connectivity index (χ1) is 11.7. The van der Waals surface area contributed by atoms with Gasteiger partial charge in [0.25, 0.3) is 10.0 Å². The Morgan fingerprint density at radius 2 is 1.40 bits per heavy atom. The minimum absolute atomic E-state index is 0.218. The number of rotatable bonds is 2. The Hall–Kier alpha value is -2.34. The molecule has 0 saturated carbocycles. The zero-order chi connectivity index (χ0) is 18.5. The van der Waals surface area contributed by atoms with Crippen LogP contribution < -0.4 is 9.62 Å². The van der Waals surface area contributed by atoms with Gasteiger partial charge in [-0.25, -0.2) is 8.42 Å². The van der Waals surface area contributed by atoms with Crippen LogP contribution in [0.3, 0.4) is 0 Å². The fourth-order valence-corrected chi connectivity index (χ4v) is 5.39. The summed E-state index contributed by atoms with van der Waals surface area (Å²) in [6.07, 6.45) is 0. The molecular formula is C19H22N2O3S. The van der Waals surface area contributed by atoms with Crippen molar-refractivity contribution in [3.05, 3.63) is 52.1 Å². The highest BCUT2D eigenvalue weighted by molar-refractivity contribution is 7.93. The largest absolute Gasteiger partial charge is 0.323 e. The number of fused-ring (bicyclic) bond motifs is 1. The number of amides is 1. The van der Waals surface area contributed by atoms with Crippen molar-refractivity contribution >= 4 is 27.3 Å². The van der Waals surface area contributed by atoms with E-state index in [1.807, 2.05) is 34.6 Å². The minimum atomic E-state index is -3.86. The predicted octanol–water partition coefficient (Wildman–Crippen LogP) is 3.38. The smallest absolute Gasteiger partial charge is 0.265 e. The van der Waals surface area contributed by atoms with Crippen LogP contribution in [0.4, 0.5) is 11.4 Å². The van der Waals surface area contributed by atoms with Gasteiger partial charge in [0, 0.05) is 0 Å². The quantitative estimate of drug-likeness (QED) is 0.895. The third kappa shape index (κ3) is 2.61. The van der Waals surface area contributed by atoms with E-state index in [0.29, 0.717) is 16.3 Å². The number of hydrogen-bond donors (Lipinski definition) is 1. The predicted molar refractivity (Wildman–Crippen MR) is 99.7 cm³/mol. The van der Waals surface area contributed by atoms with E-state index in [1.165, 1.54) is 4.31 Å². The van der Waals surface area contributed by atoms with Gasteiger partial charge in [-0.1, -0.05) is 12.1 Å². The van der Waals surface area contributed by atoms with Gasteiger partial charge in [-0.3, -0.25) is 9.10 Å². The SMILES string of the molecule is Cc1c(C)c(C)c(S(=O)(=O)N2CC(=O)Nc3ccccc32)c(C)c1C. The van der Waals surface area contributed by atoms with Gasteiger partial charge in [0.15, 0.2) is 0 Å². The van der Waals surface area contributed by atoms with Crippen LogP contribution in [0.15, 0.2) is 29.2 Å². The van der Waals surface area contributed by atoms with Gasteiger partial charge in [0.2, 0.25) is 5.91 Å². The molecule has 2 aromatic carbocycles. The highest BCUT2D eigenvalue weighted by atomic mass is 32.2. The van der Waals surface area contributed by atoms with Gasteiger partial charge in [-0.2, -0.15) is 0 Å². The molecule has 0 spiro atoms. The molecule has 1 aliphatic rings. The summed E-state index contributed by atoms with van der Waals surface area (Å²) in [5.74, 6) is -0.335. The molecule has 3 rings (SSSR count). The summed E-state index contributed by atoms with van der Waals surface area (Å²) >= 11 is 0. The molecular weight excluding hydrogens is 336 g/mol. The number of carbonyl (C=O) groups excluding carboxylic acids is 1. The maximum atomic E-state index is 13.5.